The standard InChI is InChI=1S/C20H18N2O6S/c1-11(12-2-4-15-16(7-12)28-10-27-15)21-18(23)8-26-20(25)13-3-5-17-14(6-13)22-19(24)9-29-17/h2-7,11H,8-10H2,1H3,(H,21,23)(H,22,24). The third kappa shape index (κ3) is 4.29. The van der Waals surface area contributed by atoms with Gasteiger partial charge in [0.25, 0.3) is 5.91 Å². The van der Waals surface area contributed by atoms with Crippen LogP contribution in [-0.4, -0.2) is 36.9 Å². The molecule has 4 rings (SSSR count). The van der Waals surface area contributed by atoms with Crippen LogP contribution in [0.3, 0.4) is 0 Å². The zero-order chi connectivity index (χ0) is 20.4. The third-order valence-electron chi connectivity index (χ3n) is 4.46. The van der Waals surface area contributed by atoms with Gasteiger partial charge in [-0.3, -0.25) is 9.59 Å². The third-order valence-corrected chi connectivity index (χ3v) is 5.53. The quantitative estimate of drug-likeness (QED) is 0.725. The molecule has 0 spiro atoms. The molecular weight excluding hydrogens is 396 g/mol. The first-order chi connectivity index (χ1) is 14.0. The number of thioether (sulfide) groups is 1. The number of carbonyl (C=O) groups excluding carboxylic acids is 3. The second-order valence-electron chi connectivity index (χ2n) is 6.53. The van der Waals surface area contributed by atoms with Crippen molar-refractivity contribution >= 4 is 35.2 Å². The molecule has 2 aliphatic rings. The molecule has 1 atom stereocenters. The largest absolute Gasteiger partial charge is 0.454 e. The van der Waals surface area contributed by atoms with Crippen LogP contribution >= 0.6 is 11.8 Å². The SMILES string of the molecule is CC(NC(=O)COC(=O)c1ccc2c(c1)NC(=O)CS2)c1ccc2c(c1)OCO2. The minimum absolute atomic E-state index is 0.120. The number of nitrogens with one attached hydrogen (secondary N) is 2. The molecule has 0 aliphatic carbocycles. The van der Waals surface area contributed by atoms with Gasteiger partial charge < -0.3 is 24.8 Å². The van der Waals surface area contributed by atoms with Crippen LogP contribution in [0.1, 0.15) is 28.9 Å². The lowest BCUT2D eigenvalue weighted by Gasteiger charge is -2.17. The number of ether oxygens (including phenoxy) is 3. The summed E-state index contributed by atoms with van der Waals surface area (Å²) in [5.74, 6) is 0.464. The average Bonchev–Trinajstić information content (AvgIpc) is 3.19. The second kappa shape index (κ2) is 8.04. The number of hydrogen-bond acceptors (Lipinski definition) is 7. The highest BCUT2D eigenvalue weighted by Crippen LogP contribution is 2.34. The Morgan fingerprint density at radius 1 is 1.21 bits per heavy atom. The molecule has 1 unspecified atom stereocenters. The highest BCUT2D eigenvalue weighted by Gasteiger charge is 2.20. The maximum absolute atomic E-state index is 12.2. The molecule has 8 nitrogen and oxygen atoms in total. The van der Waals surface area contributed by atoms with Gasteiger partial charge in [-0.15, -0.1) is 11.8 Å². The van der Waals surface area contributed by atoms with Crippen molar-refractivity contribution in [3.05, 3.63) is 47.5 Å². The zero-order valence-electron chi connectivity index (χ0n) is 15.5. The predicted octanol–water partition coefficient (Wildman–Crippen LogP) is 2.49. The molecule has 0 fully saturated rings. The molecule has 2 aromatic rings. The number of esters is 1. The minimum Gasteiger partial charge on any atom is -0.454 e. The zero-order valence-corrected chi connectivity index (χ0v) is 16.3. The van der Waals surface area contributed by atoms with E-state index in [0.717, 1.165) is 10.5 Å². The van der Waals surface area contributed by atoms with Crippen molar-refractivity contribution in [2.45, 2.75) is 17.9 Å². The van der Waals surface area contributed by atoms with E-state index in [2.05, 4.69) is 10.6 Å². The van der Waals surface area contributed by atoms with Crippen LogP contribution in [0.25, 0.3) is 0 Å². The topological polar surface area (TPSA) is 103 Å². The van der Waals surface area contributed by atoms with Gasteiger partial charge in [0.15, 0.2) is 18.1 Å². The smallest absolute Gasteiger partial charge is 0.338 e. The van der Waals surface area contributed by atoms with Crippen LogP contribution in [0.2, 0.25) is 0 Å². The van der Waals surface area contributed by atoms with Crippen molar-refractivity contribution in [2.75, 3.05) is 24.5 Å². The first kappa shape index (κ1) is 19.1. The van der Waals surface area contributed by atoms with Crippen molar-refractivity contribution in [1.29, 1.82) is 0 Å². The number of fused-ring (bicyclic) bond motifs is 2. The molecule has 0 bridgehead atoms. The summed E-state index contributed by atoms with van der Waals surface area (Å²) in [6, 6.07) is 10.0. The summed E-state index contributed by atoms with van der Waals surface area (Å²) >= 11 is 1.40. The van der Waals surface area contributed by atoms with Gasteiger partial charge in [0.1, 0.15) is 0 Å². The summed E-state index contributed by atoms with van der Waals surface area (Å²) in [5, 5.41) is 5.49. The lowest BCUT2D eigenvalue weighted by Crippen LogP contribution is -2.31. The van der Waals surface area contributed by atoms with Crippen molar-refractivity contribution in [2.24, 2.45) is 0 Å². The van der Waals surface area contributed by atoms with Crippen LogP contribution in [0.5, 0.6) is 11.5 Å². The summed E-state index contributed by atoms with van der Waals surface area (Å²) in [6.45, 7) is 1.59. The molecule has 0 saturated carbocycles. The number of rotatable bonds is 5. The molecule has 0 saturated heterocycles. The lowest BCUT2D eigenvalue weighted by atomic mass is 10.1. The van der Waals surface area contributed by atoms with Crippen LogP contribution in [-0.2, 0) is 14.3 Å². The van der Waals surface area contributed by atoms with E-state index in [1.165, 1.54) is 11.8 Å². The van der Waals surface area contributed by atoms with Gasteiger partial charge in [0, 0.05) is 4.90 Å². The Morgan fingerprint density at radius 2 is 2.03 bits per heavy atom. The molecule has 29 heavy (non-hydrogen) atoms. The summed E-state index contributed by atoms with van der Waals surface area (Å²) in [5.41, 5.74) is 1.68. The Kier molecular flexibility index (Phi) is 5.30. The fourth-order valence-electron chi connectivity index (χ4n) is 2.97. The summed E-state index contributed by atoms with van der Waals surface area (Å²) < 4.78 is 15.7. The highest BCUT2D eigenvalue weighted by molar-refractivity contribution is 8.00. The molecule has 2 heterocycles. The number of benzene rings is 2. The van der Waals surface area contributed by atoms with Crippen molar-refractivity contribution in [3.63, 3.8) is 0 Å². The Labute approximate surface area is 170 Å². The minimum atomic E-state index is -0.636. The second-order valence-corrected chi connectivity index (χ2v) is 7.54. The number of hydrogen-bond donors (Lipinski definition) is 2. The number of anilines is 1. The van der Waals surface area contributed by atoms with Crippen molar-refractivity contribution < 1.29 is 28.6 Å². The van der Waals surface area contributed by atoms with Gasteiger partial charge in [0.05, 0.1) is 23.0 Å². The summed E-state index contributed by atoms with van der Waals surface area (Å²) in [4.78, 5) is 36.8. The van der Waals surface area contributed by atoms with E-state index in [1.54, 1.807) is 30.3 Å². The van der Waals surface area contributed by atoms with Gasteiger partial charge >= 0.3 is 5.97 Å². The van der Waals surface area contributed by atoms with E-state index in [9.17, 15) is 14.4 Å². The molecule has 150 valence electrons. The molecule has 2 amide bonds. The lowest BCUT2D eigenvalue weighted by molar-refractivity contribution is -0.124. The Morgan fingerprint density at radius 3 is 2.90 bits per heavy atom. The first-order valence-electron chi connectivity index (χ1n) is 8.92. The maximum atomic E-state index is 12.2. The number of amides is 2. The Balaban J connectivity index is 1.32. The summed E-state index contributed by atoms with van der Waals surface area (Å²) in [7, 11) is 0. The first-order valence-corrected chi connectivity index (χ1v) is 9.91. The average molecular weight is 414 g/mol. The van der Waals surface area contributed by atoms with Crippen LogP contribution in [0, 0.1) is 0 Å². The van der Waals surface area contributed by atoms with E-state index >= 15 is 0 Å². The van der Waals surface area contributed by atoms with Gasteiger partial charge in [-0.05, 0) is 42.8 Å². The van der Waals surface area contributed by atoms with Gasteiger partial charge in [-0.2, -0.15) is 0 Å². The fourth-order valence-corrected chi connectivity index (χ4v) is 3.76. The predicted molar refractivity (Wildman–Crippen MR) is 105 cm³/mol. The van der Waals surface area contributed by atoms with Crippen molar-refractivity contribution in [1.82, 2.24) is 5.32 Å². The van der Waals surface area contributed by atoms with Gasteiger partial charge in [-0.1, -0.05) is 6.07 Å². The molecule has 2 aromatic carbocycles. The summed E-state index contributed by atoms with van der Waals surface area (Å²) in [6.07, 6.45) is 0. The van der Waals surface area contributed by atoms with E-state index in [1.807, 2.05) is 13.0 Å². The fraction of sp³-hybridized carbons (Fsp3) is 0.250. The monoisotopic (exact) mass is 414 g/mol. The van der Waals surface area contributed by atoms with Crippen LogP contribution in [0.15, 0.2) is 41.3 Å². The van der Waals surface area contributed by atoms with Gasteiger partial charge in [-0.25, -0.2) is 4.79 Å². The molecular formula is C20H18N2O6S. The van der Waals surface area contributed by atoms with Crippen LogP contribution < -0.4 is 20.1 Å². The maximum Gasteiger partial charge on any atom is 0.338 e. The van der Waals surface area contributed by atoms with Crippen LogP contribution in [0.4, 0.5) is 5.69 Å². The number of carbonyl (C=O) groups is 3. The normalized spacial score (nSPS) is 15.1. The Hall–Kier alpha value is -3.20. The molecule has 2 N–H and O–H groups in total. The van der Waals surface area contributed by atoms with Crippen molar-refractivity contribution in [3.8, 4) is 11.5 Å². The molecule has 2 aliphatic heterocycles. The van der Waals surface area contributed by atoms with E-state index < -0.39 is 18.5 Å². The van der Waals surface area contributed by atoms with E-state index in [4.69, 9.17) is 14.2 Å². The molecule has 0 radical (unpaired) electrons. The van der Waals surface area contributed by atoms with E-state index in [0.29, 0.717) is 22.9 Å². The highest BCUT2D eigenvalue weighted by atomic mass is 32.2. The molecule has 0 aromatic heterocycles. The van der Waals surface area contributed by atoms with E-state index in [-0.39, 0.29) is 24.3 Å². The molecule has 9 heteroatoms. The Bertz CT molecular complexity index is 993. The van der Waals surface area contributed by atoms with Gasteiger partial charge in [0.2, 0.25) is 12.7 Å².